The van der Waals surface area contributed by atoms with E-state index in [9.17, 15) is 19.2 Å². The van der Waals surface area contributed by atoms with E-state index in [-0.39, 0.29) is 43.1 Å². The second kappa shape index (κ2) is 11.4. The topological polar surface area (TPSA) is 96.0 Å². The van der Waals surface area contributed by atoms with Gasteiger partial charge in [0.25, 0.3) is 11.8 Å². The number of amides is 4. The average molecular weight is 466 g/mol. The first-order valence-corrected chi connectivity index (χ1v) is 11.5. The van der Waals surface area contributed by atoms with E-state index in [1.165, 1.54) is 9.80 Å². The fraction of sp³-hybridized carbons (Fsp3) is 0.385. The normalized spacial score (nSPS) is 13.4. The van der Waals surface area contributed by atoms with Crippen LogP contribution in [0, 0.1) is 0 Å². The molecule has 0 bridgehead atoms. The second-order valence-corrected chi connectivity index (χ2v) is 8.25. The van der Waals surface area contributed by atoms with Crippen molar-refractivity contribution >= 4 is 23.6 Å². The van der Waals surface area contributed by atoms with Gasteiger partial charge in [0, 0.05) is 26.1 Å². The van der Waals surface area contributed by atoms with Crippen molar-refractivity contribution in [1.29, 1.82) is 0 Å². The van der Waals surface area contributed by atoms with Crippen molar-refractivity contribution in [1.82, 2.24) is 15.1 Å². The molecule has 1 aliphatic rings. The number of methoxy groups -OCH3 is 1. The number of carbonyl (C=O) groups is 4. The van der Waals surface area contributed by atoms with E-state index in [0.717, 1.165) is 12.0 Å². The van der Waals surface area contributed by atoms with Crippen molar-refractivity contribution in [3.8, 4) is 5.75 Å². The minimum absolute atomic E-state index is 0.1000. The van der Waals surface area contributed by atoms with E-state index in [4.69, 9.17) is 4.74 Å². The van der Waals surface area contributed by atoms with Gasteiger partial charge in [-0.05, 0) is 49.6 Å². The first-order chi connectivity index (χ1) is 16.4. The largest absolute Gasteiger partial charge is 0.497 e. The maximum absolute atomic E-state index is 13.2. The standard InChI is InChI=1S/C26H31N3O5/c1-4-14-27-24(31)18(2)29(17-19-9-7-10-20(16-19)34-3)23(30)13-8-15-28-25(32)21-11-5-6-12-22(21)26(28)33/h5-7,9-12,16,18H,4,8,13-15,17H2,1-3H3,(H,27,31). The summed E-state index contributed by atoms with van der Waals surface area (Å²) in [7, 11) is 1.57. The third-order valence-corrected chi connectivity index (χ3v) is 5.85. The highest BCUT2D eigenvalue weighted by Gasteiger charge is 2.35. The Labute approximate surface area is 199 Å². The lowest BCUT2D eigenvalue weighted by Gasteiger charge is -2.29. The molecule has 8 nitrogen and oxygen atoms in total. The summed E-state index contributed by atoms with van der Waals surface area (Å²) in [6, 6.07) is 13.4. The Bertz CT molecular complexity index is 1030. The van der Waals surface area contributed by atoms with Gasteiger partial charge in [-0.2, -0.15) is 0 Å². The quantitative estimate of drug-likeness (QED) is 0.515. The molecule has 180 valence electrons. The summed E-state index contributed by atoms with van der Waals surface area (Å²) >= 11 is 0. The highest BCUT2D eigenvalue weighted by Crippen LogP contribution is 2.23. The van der Waals surface area contributed by atoms with Crippen LogP contribution in [0.2, 0.25) is 0 Å². The van der Waals surface area contributed by atoms with Crippen LogP contribution in [0.3, 0.4) is 0 Å². The third kappa shape index (κ3) is 5.62. The van der Waals surface area contributed by atoms with E-state index in [1.54, 1.807) is 38.3 Å². The van der Waals surface area contributed by atoms with Crippen LogP contribution >= 0.6 is 0 Å². The molecular weight excluding hydrogens is 434 g/mol. The van der Waals surface area contributed by atoms with Crippen LogP contribution in [0.25, 0.3) is 0 Å². The molecule has 0 fully saturated rings. The van der Waals surface area contributed by atoms with Gasteiger partial charge in [0.05, 0.1) is 18.2 Å². The highest BCUT2D eigenvalue weighted by molar-refractivity contribution is 6.21. The summed E-state index contributed by atoms with van der Waals surface area (Å²) in [5.74, 6) is -0.460. The van der Waals surface area contributed by atoms with Crippen LogP contribution in [0.4, 0.5) is 0 Å². The number of benzene rings is 2. The van der Waals surface area contributed by atoms with E-state index in [1.807, 2.05) is 31.2 Å². The van der Waals surface area contributed by atoms with Gasteiger partial charge < -0.3 is 15.0 Å². The smallest absolute Gasteiger partial charge is 0.261 e. The molecule has 1 N–H and O–H groups in total. The summed E-state index contributed by atoms with van der Waals surface area (Å²) in [5.41, 5.74) is 1.61. The molecule has 2 aromatic rings. The van der Waals surface area contributed by atoms with Crippen LogP contribution in [0.1, 0.15) is 59.4 Å². The van der Waals surface area contributed by atoms with Crippen molar-refractivity contribution in [2.24, 2.45) is 0 Å². The number of nitrogens with zero attached hydrogens (tertiary/aromatic N) is 2. The van der Waals surface area contributed by atoms with Crippen molar-refractivity contribution in [3.05, 3.63) is 65.2 Å². The Kier molecular flexibility index (Phi) is 8.40. The molecule has 3 rings (SSSR count). The monoisotopic (exact) mass is 465 g/mol. The summed E-state index contributed by atoms with van der Waals surface area (Å²) < 4.78 is 5.27. The number of hydrogen-bond acceptors (Lipinski definition) is 5. The zero-order valence-corrected chi connectivity index (χ0v) is 19.9. The number of ether oxygens (including phenoxy) is 1. The fourth-order valence-corrected chi connectivity index (χ4v) is 3.92. The van der Waals surface area contributed by atoms with Crippen LogP contribution in [-0.2, 0) is 16.1 Å². The molecule has 0 aromatic heterocycles. The zero-order valence-electron chi connectivity index (χ0n) is 19.9. The predicted molar refractivity (Wildman–Crippen MR) is 127 cm³/mol. The lowest BCUT2D eigenvalue weighted by molar-refractivity contribution is -0.140. The first-order valence-electron chi connectivity index (χ1n) is 11.5. The molecule has 0 aliphatic carbocycles. The molecule has 0 saturated heterocycles. The lowest BCUT2D eigenvalue weighted by Crippen LogP contribution is -2.47. The molecule has 0 saturated carbocycles. The molecule has 1 aliphatic heterocycles. The number of nitrogens with one attached hydrogen (secondary N) is 1. The molecular formula is C26H31N3O5. The Morgan fingerprint density at radius 3 is 2.35 bits per heavy atom. The van der Waals surface area contributed by atoms with Crippen molar-refractivity contribution in [3.63, 3.8) is 0 Å². The highest BCUT2D eigenvalue weighted by atomic mass is 16.5. The molecule has 4 amide bonds. The maximum atomic E-state index is 13.2. The Morgan fingerprint density at radius 1 is 1.06 bits per heavy atom. The number of fused-ring (bicyclic) bond motifs is 1. The van der Waals surface area contributed by atoms with Gasteiger partial charge >= 0.3 is 0 Å². The first kappa shape index (κ1) is 25.0. The Balaban J connectivity index is 1.67. The number of rotatable bonds is 11. The molecule has 2 aromatic carbocycles. The second-order valence-electron chi connectivity index (χ2n) is 8.25. The predicted octanol–water partition coefficient (Wildman–Crippen LogP) is 3.01. The van der Waals surface area contributed by atoms with Gasteiger partial charge in [-0.25, -0.2) is 0 Å². The summed E-state index contributed by atoms with van der Waals surface area (Å²) in [6.07, 6.45) is 1.20. The summed E-state index contributed by atoms with van der Waals surface area (Å²) in [5, 5.41) is 2.84. The fourth-order valence-electron chi connectivity index (χ4n) is 3.92. The molecule has 1 atom stereocenters. The van der Waals surface area contributed by atoms with Crippen molar-refractivity contribution < 1.29 is 23.9 Å². The lowest BCUT2D eigenvalue weighted by atomic mass is 10.1. The molecule has 0 spiro atoms. The SMILES string of the molecule is CCCNC(=O)C(C)N(Cc1cccc(OC)c1)C(=O)CCCN1C(=O)c2ccccc2C1=O. The molecule has 0 radical (unpaired) electrons. The van der Waals surface area contributed by atoms with Gasteiger partial charge in [0.2, 0.25) is 11.8 Å². The van der Waals surface area contributed by atoms with E-state index >= 15 is 0 Å². The van der Waals surface area contributed by atoms with Gasteiger partial charge in [-0.1, -0.05) is 31.2 Å². The molecule has 1 unspecified atom stereocenters. The molecule has 8 heteroatoms. The van der Waals surface area contributed by atoms with Crippen molar-refractivity contribution in [2.45, 2.75) is 45.7 Å². The minimum atomic E-state index is -0.676. The van der Waals surface area contributed by atoms with Crippen LogP contribution in [0.15, 0.2) is 48.5 Å². The Hall–Kier alpha value is -3.68. The molecule has 34 heavy (non-hydrogen) atoms. The minimum Gasteiger partial charge on any atom is -0.497 e. The van der Waals surface area contributed by atoms with E-state index < -0.39 is 6.04 Å². The summed E-state index contributed by atoms with van der Waals surface area (Å²) in [4.78, 5) is 53.7. The van der Waals surface area contributed by atoms with E-state index in [0.29, 0.717) is 29.8 Å². The third-order valence-electron chi connectivity index (χ3n) is 5.85. The van der Waals surface area contributed by atoms with Gasteiger partial charge in [-0.15, -0.1) is 0 Å². The van der Waals surface area contributed by atoms with Gasteiger partial charge in [0.1, 0.15) is 11.8 Å². The van der Waals surface area contributed by atoms with Gasteiger partial charge in [0.15, 0.2) is 0 Å². The van der Waals surface area contributed by atoms with Crippen LogP contribution in [0.5, 0.6) is 5.75 Å². The number of hydrogen-bond donors (Lipinski definition) is 1. The number of carbonyl (C=O) groups excluding carboxylic acids is 4. The summed E-state index contributed by atoms with van der Waals surface area (Å²) in [6.45, 7) is 4.58. The zero-order chi connectivity index (χ0) is 24.7. The van der Waals surface area contributed by atoms with Gasteiger partial charge in [-0.3, -0.25) is 24.1 Å². The van der Waals surface area contributed by atoms with E-state index in [2.05, 4.69) is 5.32 Å². The van der Waals surface area contributed by atoms with Crippen LogP contribution in [-0.4, -0.2) is 59.7 Å². The van der Waals surface area contributed by atoms with Crippen molar-refractivity contribution in [2.75, 3.05) is 20.2 Å². The maximum Gasteiger partial charge on any atom is 0.261 e. The molecule has 1 heterocycles. The number of imide groups is 1. The average Bonchev–Trinajstić information content (AvgIpc) is 3.10. The van der Waals surface area contributed by atoms with Crippen LogP contribution < -0.4 is 10.1 Å². The Morgan fingerprint density at radius 2 is 1.74 bits per heavy atom.